The molecule has 0 aromatic heterocycles. The summed E-state index contributed by atoms with van der Waals surface area (Å²) in [6.45, 7) is 0.203. The van der Waals surface area contributed by atoms with Crippen molar-refractivity contribution in [2.24, 2.45) is 0 Å². The lowest BCUT2D eigenvalue weighted by Crippen LogP contribution is -2.06. The zero-order valence-electron chi connectivity index (χ0n) is 6.21. The lowest BCUT2D eigenvalue weighted by Gasteiger charge is -1.99. The maximum atomic E-state index is 12.7. The summed E-state index contributed by atoms with van der Waals surface area (Å²) in [5, 5.41) is 16.8. The molecule has 0 heterocycles. The Balaban J connectivity index is 2.99. The quantitative estimate of drug-likeness (QED) is 0.648. The number of benzene rings is 1. The average Bonchev–Trinajstić information content (AvgIpc) is 2.09. The third-order valence-electron chi connectivity index (χ3n) is 1.43. The minimum Gasteiger partial charge on any atom is -0.316 e. The summed E-state index contributed by atoms with van der Waals surface area (Å²) in [5.74, 6) is -0.542. The summed E-state index contributed by atoms with van der Waals surface area (Å²) in [7, 11) is 0. The van der Waals surface area contributed by atoms with Crippen LogP contribution >= 0.6 is 0 Å². The number of nitriles is 1. The van der Waals surface area contributed by atoms with Crippen molar-refractivity contribution in [1.29, 1.82) is 5.26 Å². The highest BCUT2D eigenvalue weighted by atomic mass is 19.1. The zero-order chi connectivity index (χ0) is 8.97. The Bertz CT molecular complexity index is 319. The molecule has 0 aliphatic rings. The van der Waals surface area contributed by atoms with Crippen LogP contribution in [0.5, 0.6) is 0 Å². The predicted octanol–water partition coefficient (Wildman–Crippen LogP) is 1.18. The summed E-state index contributed by atoms with van der Waals surface area (Å²) < 4.78 is 12.7. The molecule has 0 aliphatic carbocycles. The lowest BCUT2D eigenvalue weighted by atomic mass is 10.1. The molecule has 0 bridgehead atoms. The predicted molar refractivity (Wildman–Crippen MR) is 39.7 cm³/mol. The molecule has 2 N–H and O–H groups in total. The summed E-state index contributed by atoms with van der Waals surface area (Å²) in [5.41, 5.74) is 2.57. The van der Waals surface area contributed by atoms with Gasteiger partial charge in [-0.2, -0.15) is 5.26 Å². The van der Waals surface area contributed by atoms with E-state index in [0.717, 1.165) is 0 Å². The number of halogens is 1. The number of hydrogen-bond acceptors (Lipinski definition) is 3. The molecule has 0 unspecified atom stereocenters. The molecule has 0 atom stereocenters. The zero-order valence-corrected chi connectivity index (χ0v) is 6.21. The molecule has 0 amide bonds. The van der Waals surface area contributed by atoms with Gasteiger partial charge in [-0.1, -0.05) is 6.07 Å². The number of hydroxylamine groups is 1. The fraction of sp³-hybridized carbons (Fsp3) is 0.125. The highest BCUT2D eigenvalue weighted by molar-refractivity contribution is 5.34. The van der Waals surface area contributed by atoms with Crippen LogP contribution in [0.2, 0.25) is 0 Å². The van der Waals surface area contributed by atoms with Gasteiger partial charge in [-0.25, -0.2) is 9.87 Å². The monoisotopic (exact) mass is 166 g/mol. The molecule has 4 heteroatoms. The van der Waals surface area contributed by atoms with Gasteiger partial charge in [-0.3, -0.25) is 0 Å². The van der Waals surface area contributed by atoms with Crippen molar-refractivity contribution < 1.29 is 9.60 Å². The average molecular weight is 166 g/mol. The first kappa shape index (κ1) is 8.65. The van der Waals surface area contributed by atoms with E-state index in [9.17, 15) is 4.39 Å². The summed E-state index contributed by atoms with van der Waals surface area (Å²) in [6.07, 6.45) is 0. The fourth-order valence-electron chi connectivity index (χ4n) is 0.859. The molecule has 0 saturated carbocycles. The molecule has 1 aromatic rings. The van der Waals surface area contributed by atoms with Crippen molar-refractivity contribution in [3.05, 3.63) is 35.1 Å². The van der Waals surface area contributed by atoms with Gasteiger partial charge in [0, 0.05) is 6.54 Å². The normalized spacial score (nSPS) is 9.42. The summed E-state index contributed by atoms with van der Waals surface area (Å²) in [4.78, 5) is 0. The summed E-state index contributed by atoms with van der Waals surface area (Å²) >= 11 is 0. The number of nitrogens with zero attached hydrogens (tertiary/aromatic N) is 1. The minimum absolute atomic E-state index is 0.0113. The van der Waals surface area contributed by atoms with Crippen LogP contribution in [0.1, 0.15) is 11.1 Å². The van der Waals surface area contributed by atoms with E-state index in [-0.39, 0.29) is 12.1 Å². The van der Waals surface area contributed by atoms with Crippen molar-refractivity contribution in [2.75, 3.05) is 0 Å². The highest BCUT2D eigenvalue weighted by Crippen LogP contribution is 2.08. The second kappa shape index (κ2) is 3.81. The largest absolute Gasteiger partial charge is 0.316 e. The molecule has 0 saturated heterocycles. The lowest BCUT2D eigenvalue weighted by molar-refractivity contribution is 0.161. The molecule has 1 rings (SSSR count). The summed E-state index contributed by atoms with van der Waals surface area (Å²) in [6, 6.07) is 5.80. The Morgan fingerprint density at radius 2 is 2.33 bits per heavy atom. The molecule has 1 aromatic carbocycles. The second-order valence-corrected chi connectivity index (χ2v) is 2.26. The van der Waals surface area contributed by atoms with Crippen LogP contribution < -0.4 is 5.48 Å². The molecular formula is C8H7FN2O. The number of rotatable bonds is 2. The standard InChI is InChI=1S/C8H7FN2O/c9-8-2-1-6(5-11-12)3-7(8)4-10/h1-3,11-12H,5H2. The van der Waals surface area contributed by atoms with Crippen LogP contribution in [-0.2, 0) is 6.54 Å². The van der Waals surface area contributed by atoms with Crippen molar-refractivity contribution in [2.45, 2.75) is 6.54 Å². The number of hydrogen-bond donors (Lipinski definition) is 2. The van der Waals surface area contributed by atoms with E-state index < -0.39 is 5.82 Å². The maximum absolute atomic E-state index is 12.7. The van der Waals surface area contributed by atoms with E-state index in [0.29, 0.717) is 5.56 Å². The third kappa shape index (κ3) is 1.78. The van der Waals surface area contributed by atoms with E-state index in [1.807, 2.05) is 5.48 Å². The molecule has 0 spiro atoms. The van der Waals surface area contributed by atoms with Crippen LogP contribution in [0, 0.1) is 17.1 Å². The van der Waals surface area contributed by atoms with Gasteiger partial charge in [0.1, 0.15) is 11.9 Å². The van der Waals surface area contributed by atoms with E-state index in [1.54, 1.807) is 6.07 Å². The van der Waals surface area contributed by atoms with Gasteiger partial charge in [-0.15, -0.1) is 0 Å². The number of nitrogens with one attached hydrogen (secondary N) is 1. The highest BCUT2D eigenvalue weighted by Gasteiger charge is 2.01. The second-order valence-electron chi connectivity index (χ2n) is 2.26. The van der Waals surface area contributed by atoms with Crippen LogP contribution in [0.15, 0.2) is 18.2 Å². The molecule has 0 fully saturated rings. The van der Waals surface area contributed by atoms with Gasteiger partial charge in [0.15, 0.2) is 0 Å². The SMILES string of the molecule is N#Cc1cc(CNO)ccc1F. The van der Waals surface area contributed by atoms with Gasteiger partial charge < -0.3 is 5.21 Å². The molecule has 0 aliphatic heterocycles. The topological polar surface area (TPSA) is 56.0 Å². The first-order chi connectivity index (χ1) is 5.77. The van der Waals surface area contributed by atoms with Gasteiger partial charge in [-0.05, 0) is 17.7 Å². The fourth-order valence-corrected chi connectivity index (χ4v) is 0.859. The van der Waals surface area contributed by atoms with Crippen LogP contribution in [0.4, 0.5) is 4.39 Å². The Morgan fingerprint density at radius 1 is 1.58 bits per heavy atom. The molecule has 62 valence electrons. The minimum atomic E-state index is -0.542. The van der Waals surface area contributed by atoms with Crippen LogP contribution in [0.25, 0.3) is 0 Å². The van der Waals surface area contributed by atoms with E-state index in [2.05, 4.69) is 0 Å². The van der Waals surface area contributed by atoms with E-state index in [1.165, 1.54) is 18.2 Å². The Labute approximate surface area is 69.0 Å². The van der Waals surface area contributed by atoms with Crippen LogP contribution in [-0.4, -0.2) is 5.21 Å². The maximum Gasteiger partial charge on any atom is 0.140 e. The van der Waals surface area contributed by atoms with Crippen molar-refractivity contribution in [1.82, 2.24) is 5.48 Å². The van der Waals surface area contributed by atoms with E-state index >= 15 is 0 Å². The van der Waals surface area contributed by atoms with Gasteiger partial charge in [0.25, 0.3) is 0 Å². The Hall–Kier alpha value is -1.44. The Kier molecular flexibility index (Phi) is 2.75. The van der Waals surface area contributed by atoms with Crippen molar-refractivity contribution in [3.63, 3.8) is 0 Å². The van der Waals surface area contributed by atoms with Gasteiger partial charge >= 0.3 is 0 Å². The molecule has 3 nitrogen and oxygen atoms in total. The van der Waals surface area contributed by atoms with E-state index in [4.69, 9.17) is 10.5 Å². The van der Waals surface area contributed by atoms with Gasteiger partial charge in [0.05, 0.1) is 5.56 Å². The first-order valence-corrected chi connectivity index (χ1v) is 3.33. The van der Waals surface area contributed by atoms with Gasteiger partial charge in [0.2, 0.25) is 0 Å². The molecule has 0 radical (unpaired) electrons. The third-order valence-corrected chi connectivity index (χ3v) is 1.43. The Morgan fingerprint density at radius 3 is 2.92 bits per heavy atom. The van der Waals surface area contributed by atoms with Crippen LogP contribution in [0.3, 0.4) is 0 Å². The van der Waals surface area contributed by atoms with Crippen molar-refractivity contribution >= 4 is 0 Å². The molecule has 12 heavy (non-hydrogen) atoms. The molecular weight excluding hydrogens is 159 g/mol. The van der Waals surface area contributed by atoms with Crippen molar-refractivity contribution in [3.8, 4) is 6.07 Å². The first-order valence-electron chi connectivity index (χ1n) is 3.33. The smallest absolute Gasteiger partial charge is 0.140 e.